The van der Waals surface area contributed by atoms with Gasteiger partial charge in [0.2, 0.25) is 0 Å². The molecule has 2 rings (SSSR count). The molecular weight excluding hydrogens is 256 g/mol. The average molecular weight is 278 g/mol. The minimum atomic E-state index is -1.30. The van der Waals surface area contributed by atoms with E-state index < -0.39 is 23.5 Å². The second-order valence-corrected chi connectivity index (χ2v) is 5.43. The highest BCUT2D eigenvalue weighted by molar-refractivity contribution is 5.78. The van der Waals surface area contributed by atoms with Crippen molar-refractivity contribution in [2.24, 2.45) is 0 Å². The maximum atomic E-state index is 11.6. The van der Waals surface area contributed by atoms with Crippen molar-refractivity contribution < 1.29 is 19.4 Å². The SMILES string of the molecule is CCC1(CC)O[C@@H](Cc2ccccc2)[C@](C)(C(=O)O)O1. The number of carboxylic acids is 1. The highest BCUT2D eigenvalue weighted by Crippen LogP contribution is 2.42. The van der Waals surface area contributed by atoms with Crippen molar-refractivity contribution in [3.05, 3.63) is 35.9 Å². The van der Waals surface area contributed by atoms with Crippen LogP contribution in [-0.2, 0) is 20.7 Å². The molecule has 1 fully saturated rings. The van der Waals surface area contributed by atoms with Gasteiger partial charge >= 0.3 is 5.97 Å². The van der Waals surface area contributed by atoms with Gasteiger partial charge in [-0.25, -0.2) is 4.79 Å². The molecule has 2 atom stereocenters. The van der Waals surface area contributed by atoms with Crippen LogP contribution in [0.1, 0.15) is 39.2 Å². The molecule has 0 unspecified atom stereocenters. The van der Waals surface area contributed by atoms with Gasteiger partial charge in [0.15, 0.2) is 11.4 Å². The van der Waals surface area contributed by atoms with Gasteiger partial charge in [-0.1, -0.05) is 44.2 Å². The Morgan fingerprint density at radius 2 is 1.85 bits per heavy atom. The second kappa shape index (κ2) is 5.54. The third-order valence-corrected chi connectivity index (χ3v) is 4.14. The van der Waals surface area contributed by atoms with E-state index in [1.807, 2.05) is 44.2 Å². The van der Waals surface area contributed by atoms with Gasteiger partial charge in [-0.05, 0) is 25.3 Å². The number of carboxylic acid groups (broad SMARTS) is 1. The summed E-state index contributed by atoms with van der Waals surface area (Å²) < 4.78 is 11.9. The molecule has 4 heteroatoms. The molecule has 0 radical (unpaired) electrons. The van der Waals surface area contributed by atoms with E-state index in [1.54, 1.807) is 6.92 Å². The monoisotopic (exact) mass is 278 g/mol. The van der Waals surface area contributed by atoms with Crippen LogP contribution in [0.5, 0.6) is 0 Å². The van der Waals surface area contributed by atoms with Crippen molar-refractivity contribution in [2.75, 3.05) is 0 Å². The molecule has 1 saturated heterocycles. The maximum absolute atomic E-state index is 11.6. The molecule has 110 valence electrons. The van der Waals surface area contributed by atoms with Crippen LogP contribution in [0.25, 0.3) is 0 Å². The van der Waals surface area contributed by atoms with Gasteiger partial charge in [-0.2, -0.15) is 0 Å². The molecule has 1 aromatic rings. The van der Waals surface area contributed by atoms with Crippen molar-refractivity contribution in [2.45, 2.75) is 57.5 Å². The second-order valence-electron chi connectivity index (χ2n) is 5.43. The molecule has 1 aromatic carbocycles. The van der Waals surface area contributed by atoms with Gasteiger partial charge < -0.3 is 14.6 Å². The lowest BCUT2D eigenvalue weighted by atomic mass is 9.93. The number of carbonyl (C=O) groups is 1. The van der Waals surface area contributed by atoms with E-state index in [2.05, 4.69) is 0 Å². The van der Waals surface area contributed by atoms with Crippen LogP contribution >= 0.6 is 0 Å². The summed E-state index contributed by atoms with van der Waals surface area (Å²) in [6.45, 7) is 5.52. The maximum Gasteiger partial charge on any atom is 0.338 e. The molecular formula is C16H22O4. The van der Waals surface area contributed by atoms with E-state index in [0.717, 1.165) is 5.56 Å². The van der Waals surface area contributed by atoms with Crippen LogP contribution in [0.15, 0.2) is 30.3 Å². The molecule has 1 N–H and O–H groups in total. The molecule has 1 heterocycles. The highest BCUT2D eigenvalue weighted by atomic mass is 16.8. The minimum absolute atomic E-state index is 0.484. The number of hydrogen-bond donors (Lipinski definition) is 1. The van der Waals surface area contributed by atoms with E-state index >= 15 is 0 Å². The molecule has 0 saturated carbocycles. The fourth-order valence-corrected chi connectivity index (χ4v) is 2.65. The first-order valence-corrected chi connectivity index (χ1v) is 7.11. The highest BCUT2D eigenvalue weighted by Gasteiger charge is 2.57. The van der Waals surface area contributed by atoms with Crippen LogP contribution < -0.4 is 0 Å². The lowest BCUT2D eigenvalue weighted by Gasteiger charge is -2.26. The Morgan fingerprint density at radius 3 is 2.35 bits per heavy atom. The first kappa shape index (κ1) is 15.0. The average Bonchev–Trinajstić information content (AvgIpc) is 2.75. The van der Waals surface area contributed by atoms with Gasteiger partial charge in [0.25, 0.3) is 0 Å². The summed E-state index contributed by atoms with van der Waals surface area (Å²) in [6.07, 6.45) is 1.32. The molecule has 0 aliphatic carbocycles. The van der Waals surface area contributed by atoms with E-state index in [9.17, 15) is 9.90 Å². The Labute approximate surface area is 119 Å². The summed E-state index contributed by atoms with van der Waals surface area (Å²) in [5.41, 5.74) is -0.251. The van der Waals surface area contributed by atoms with Crippen LogP contribution in [0.4, 0.5) is 0 Å². The zero-order chi connectivity index (χ0) is 14.8. The quantitative estimate of drug-likeness (QED) is 0.899. The Kier molecular flexibility index (Phi) is 4.16. The molecule has 0 bridgehead atoms. The summed E-state index contributed by atoms with van der Waals surface area (Å²) in [5.74, 6) is -1.76. The van der Waals surface area contributed by atoms with Gasteiger partial charge in [0, 0.05) is 6.42 Å². The minimum Gasteiger partial charge on any atom is -0.479 e. The molecule has 0 amide bonds. The number of ether oxygens (including phenoxy) is 2. The van der Waals surface area contributed by atoms with Gasteiger partial charge in [-0.15, -0.1) is 0 Å². The Balaban J connectivity index is 2.27. The molecule has 4 nitrogen and oxygen atoms in total. The third kappa shape index (κ3) is 2.58. The zero-order valence-corrected chi connectivity index (χ0v) is 12.3. The first-order valence-electron chi connectivity index (χ1n) is 7.11. The van der Waals surface area contributed by atoms with E-state index in [0.29, 0.717) is 19.3 Å². The number of benzene rings is 1. The molecule has 20 heavy (non-hydrogen) atoms. The van der Waals surface area contributed by atoms with Crippen LogP contribution in [0, 0.1) is 0 Å². The summed E-state index contributed by atoms with van der Waals surface area (Å²) in [6, 6.07) is 9.77. The smallest absolute Gasteiger partial charge is 0.338 e. The standard InChI is InChI=1S/C16H22O4/c1-4-16(5-2)19-13(15(3,20-16)14(17)18)11-12-9-7-6-8-10-12/h6-10,13H,4-5,11H2,1-3H3,(H,17,18)/t13-,15+/m0/s1. The predicted molar refractivity (Wildman–Crippen MR) is 75.5 cm³/mol. The van der Waals surface area contributed by atoms with E-state index in [-0.39, 0.29) is 0 Å². The topological polar surface area (TPSA) is 55.8 Å². The van der Waals surface area contributed by atoms with Crippen molar-refractivity contribution in [1.82, 2.24) is 0 Å². The van der Waals surface area contributed by atoms with Crippen LogP contribution in [0.3, 0.4) is 0 Å². The zero-order valence-electron chi connectivity index (χ0n) is 12.3. The lowest BCUT2D eigenvalue weighted by molar-refractivity contribution is -0.200. The van der Waals surface area contributed by atoms with Crippen molar-refractivity contribution in [1.29, 1.82) is 0 Å². The Hall–Kier alpha value is -1.39. The first-order chi connectivity index (χ1) is 9.46. The molecule has 1 aliphatic rings. The fourth-order valence-electron chi connectivity index (χ4n) is 2.65. The molecule has 0 aromatic heterocycles. The number of aliphatic carboxylic acids is 1. The summed E-state index contributed by atoms with van der Waals surface area (Å²) in [7, 11) is 0. The Morgan fingerprint density at radius 1 is 1.25 bits per heavy atom. The van der Waals surface area contributed by atoms with Gasteiger partial charge in [0.1, 0.15) is 6.10 Å². The summed E-state index contributed by atoms with van der Waals surface area (Å²) >= 11 is 0. The molecule has 1 aliphatic heterocycles. The molecule has 0 spiro atoms. The van der Waals surface area contributed by atoms with Crippen molar-refractivity contribution in [3.8, 4) is 0 Å². The summed E-state index contributed by atoms with van der Waals surface area (Å²) in [5, 5.41) is 9.54. The van der Waals surface area contributed by atoms with E-state index in [1.165, 1.54) is 0 Å². The Bertz CT molecular complexity index is 467. The van der Waals surface area contributed by atoms with Crippen LogP contribution in [0.2, 0.25) is 0 Å². The van der Waals surface area contributed by atoms with Crippen molar-refractivity contribution >= 4 is 5.97 Å². The largest absolute Gasteiger partial charge is 0.479 e. The fraction of sp³-hybridized carbons (Fsp3) is 0.562. The number of rotatable bonds is 5. The summed E-state index contributed by atoms with van der Waals surface area (Å²) in [4.78, 5) is 11.6. The van der Waals surface area contributed by atoms with Gasteiger partial charge in [-0.3, -0.25) is 0 Å². The third-order valence-electron chi connectivity index (χ3n) is 4.14. The van der Waals surface area contributed by atoms with Gasteiger partial charge in [0.05, 0.1) is 0 Å². The number of hydrogen-bond acceptors (Lipinski definition) is 3. The predicted octanol–water partition coefficient (Wildman–Crippen LogP) is 3.00. The van der Waals surface area contributed by atoms with Crippen molar-refractivity contribution in [3.63, 3.8) is 0 Å². The van der Waals surface area contributed by atoms with Crippen LogP contribution in [-0.4, -0.2) is 28.6 Å². The lowest BCUT2D eigenvalue weighted by Crippen LogP contribution is -2.46. The van der Waals surface area contributed by atoms with E-state index in [4.69, 9.17) is 9.47 Å². The normalized spacial score (nSPS) is 28.4.